The van der Waals surface area contributed by atoms with Gasteiger partial charge < -0.3 is 5.11 Å². The molecule has 0 rings (SSSR count). The molecule has 0 spiro atoms. The fraction of sp³-hybridized carbons (Fsp3) is 0.750. The second-order valence-electron chi connectivity index (χ2n) is 4.43. The van der Waals surface area contributed by atoms with E-state index in [-0.39, 0.29) is 6.42 Å². The number of aliphatic carboxylic acids is 1. The standard InChI is InChI=1S/C12H22O2/c1-9(2)5-6-11(10(3)4)7-8-12(13)14/h9H,5-8H2,1-4H3,(H,13,14). The molecule has 0 aliphatic rings. The lowest BCUT2D eigenvalue weighted by Gasteiger charge is -2.10. The molecular formula is C12H22O2. The molecule has 2 heteroatoms. The van der Waals surface area contributed by atoms with Gasteiger partial charge in [0.05, 0.1) is 0 Å². The van der Waals surface area contributed by atoms with Crippen LogP contribution in [0, 0.1) is 5.92 Å². The first-order chi connectivity index (χ1) is 6.43. The molecule has 14 heavy (non-hydrogen) atoms. The Hall–Kier alpha value is -0.790. The van der Waals surface area contributed by atoms with E-state index in [0.29, 0.717) is 12.3 Å². The van der Waals surface area contributed by atoms with Crippen molar-refractivity contribution in [3.05, 3.63) is 11.1 Å². The minimum atomic E-state index is -0.701. The number of hydrogen-bond donors (Lipinski definition) is 1. The first-order valence-corrected chi connectivity index (χ1v) is 5.30. The molecule has 0 radical (unpaired) electrons. The highest BCUT2D eigenvalue weighted by Gasteiger charge is 2.05. The van der Waals surface area contributed by atoms with Crippen molar-refractivity contribution in [2.45, 2.75) is 53.4 Å². The average Bonchev–Trinajstić information content (AvgIpc) is 2.02. The van der Waals surface area contributed by atoms with Gasteiger partial charge in [-0.15, -0.1) is 0 Å². The molecule has 0 aromatic carbocycles. The van der Waals surface area contributed by atoms with Gasteiger partial charge in [0, 0.05) is 6.42 Å². The molecule has 82 valence electrons. The fourth-order valence-electron chi connectivity index (χ4n) is 1.35. The quantitative estimate of drug-likeness (QED) is 0.662. The maximum Gasteiger partial charge on any atom is 0.303 e. The molecule has 0 amide bonds. The van der Waals surface area contributed by atoms with Gasteiger partial charge in [-0.05, 0) is 39.0 Å². The van der Waals surface area contributed by atoms with Gasteiger partial charge in [-0.3, -0.25) is 4.79 Å². The van der Waals surface area contributed by atoms with Crippen LogP contribution in [0.1, 0.15) is 53.4 Å². The van der Waals surface area contributed by atoms with Crippen LogP contribution in [-0.4, -0.2) is 11.1 Å². The lowest BCUT2D eigenvalue weighted by atomic mass is 9.96. The van der Waals surface area contributed by atoms with Gasteiger partial charge in [-0.25, -0.2) is 0 Å². The summed E-state index contributed by atoms with van der Waals surface area (Å²) in [6.45, 7) is 8.52. The molecule has 0 aromatic rings. The molecule has 0 bridgehead atoms. The van der Waals surface area contributed by atoms with Crippen LogP contribution < -0.4 is 0 Å². The third-order valence-corrected chi connectivity index (χ3v) is 2.37. The van der Waals surface area contributed by atoms with Gasteiger partial charge in [0.1, 0.15) is 0 Å². The average molecular weight is 198 g/mol. The zero-order chi connectivity index (χ0) is 11.1. The predicted molar refractivity (Wildman–Crippen MR) is 59.3 cm³/mol. The van der Waals surface area contributed by atoms with Crippen LogP contribution in [0.4, 0.5) is 0 Å². The first-order valence-electron chi connectivity index (χ1n) is 5.30. The summed E-state index contributed by atoms with van der Waals surface area (Å²) in [5, 5.41) is 8.60. The first kappa shape index (κ1) is 13.2. The minimum Gasteiger partial charge on any atom is -0.481 e. The molecule has 0 saturated heterocycles. The summed E-state index contributed by atoms with van der Waals surface area (Å²) in [4.78, 5) is 10.4. The van der Waals surface area contributed by atoms with Gasteiger partial charge in [-0.2, -0.15) is 0 Å². The van der Waals surface area contributed by atoms with E-state index in [4.69, 9.17) is 5.11 Å². The van der Waals surface area contributed by atoms with E-state index in [9.17, 15) is 4.79 Å². The number of rotatable bonds is 6. The largest absolute Gasteiger partial charge is 0.481 e. The Bertz CT molecular complexity index is 210. The van der Waals surface area contributed by atoms with E-state index in [1.165, 1.54) is 11.1 Å². The summed E-state index contributed by atoms with van der Waals surface area (Å²) in [5.41, 5.74) is 2.60. The molecule has 0 aromatic heterocycles. The Kier molecular flexibility index (Phi) is 6.26. The molecule has 2 nitrogen and oxygen atoms in total. The predicted octanol–water partition coefficient (Wildman–Crippen LogP) is 3.62. The summed E-state index contributed by atoms with van der Waals surface area (Å²) in [7, 11) is 0. The Balaban J connectivity index is 4.06. The van der Waals surface area contributed by atoms with E-state index in [1.54, 1.807) is 0 Å². The smallest absolute Gasteiger partial charge is 0.303 e. The van der Waals surface area contributed by atoms with Crippen LogP contribution in [0.5, 0.6) is 0 Å². The molecule has 0 unspecified atom stereocenters. The van der Waals surface area contributed by atoms with Crippen LogP contribution in [0.15, 0.2) is 11.1 Å². The van der Waals surface area contributed by atoms with Gasteiger partial charge in [0.25, 0.3) is 0 Å². The van der Waals surface area contributed by atoms with Crippen LogP contribution in [-0.2, 0) is 4.79 Å². The Morgan fingerprint density at radius 1 is 1.14 bits per heavy atom. The SMILES string of the molecule is CC(C)=C(CCC(=O)O)CCC(C)C. The number of carboxylic acid groups (broad SMARTS) is 1. The Labute approximate surface area is 87.0 Å². The van der Waals surface area contributed by atoms with Crippen molar-refractivity contribution in [2.75, 3.05) is 0 Å². The van der Waals surface area contributed by atoms with E-state index >= 15 is 0 Å². The summed E-state index contributed by atoms with van der Waals surface area (Å²) < 4.78 is 0. The van der Waals surface area contributed by atoms with Crippen LogP contribution >= 0.6 is 0 Å². The molecular weight excluding hydrogens is 176 g/mol. The van der Waals surface area contributed by atoms with Gasteiger partial charge in [-0.1, -0.05) is 25.0 Å². The number of carboxylic acids is 1. The molecule has 0 heterocycles. The maximum absolute atomic E-state index is 10.4. The second-order valence-corrected chi connectivity index (χ2v) is 4.43. The monoisotopic (exact) mass is 198 g/mol. The lowest BCUT2D eigenvalue weighted by Crippen LogP contribution is -1.98. The molecule has 0 aliphatic heterocycles. The normalized spacial score (nSPS) is 10.4. The molecule has 0 atom stereocenters. The Morgan fingerprint density at radius 2 is 1.71 bits per heavy atom. The van der Waals surface area contributed by atoms with Gasteiger partial charge >= 0.3 is 5.97 Å². The highest BCUT2D eigenvalue weighted by molar-refractivity contribution is 5.67. The number of hydrogen-bond acceptors (Lipinski definition) is 1. The summed E-state index contributed by atoms with van der Waals surface area (Å²) in [6, 6.07) is 0. The van der Waals surface area contributed by atoms with Crippen molar-refractivity contribution in [1.82, 2.24) is 0 Å². The molecule has 1 N–H and O–H groups in total. The third kappa shape index (κ3) is 6.70. The zero-order valence-corrected chi connectivity index (χ0v) is 9.76. The van der Waals surface area contributed by atoms with Crippen LogP contribution in [0.3, 0.4) is 0 Å². The van der Waals surface area contributed by atoms with E-state index in [2.05, 4.69) is 27.7 Å². The summed E-state index contributed by atoms with van der Waals surface area (Å²) >= 11 is 0. The van der Waals surface area contributed by atoms with Gasteiger partial charge in [0.15, 0.2) is 0 Å². The van der Waals surface area contributed by atoms with Crippen molar-refractivity contribution >= 4 is 5.97 Å². The summed E-state index contributed by atoms with van der Waals surface area (Å²) in [5.74, 6) is -0.0116. The van der Waals surface area contributed by atoms with Crippen LogP contribution in [0.2, 0.25) is 0 Å². The van der Waals surface area contributed by atoms with Crippen molar-refractivity contribution in [3.8, 4) is 0 Å². The highest BCUT2D eigenvalue weighted by Crippen LogP contribution is 2.19. The van der Waals surface area contributed by atoms with E-state index in [1.807, 2.05) is 0 Å². The Morgan fingerprint density at radius 3 is 2.07 bits per heavy atom. The van der Waals surface area contributed by atoms with Crippen molar-refractivity contribution < 1.29 is 9.90 Å². The third-order valence-electron chi connectivity index (χ3n) is 2.37. The van der Waals surface area contributed by atoms with E-state index < -0.39 is 5.97 Å². The van der Waals surface area contributed by atoms with Crippen molar-refractivity contribution in [2.24, 2.45) is 5.92 Å². The number of carbonyl (C=O) groups is 1. The van der Waals surface area contributed by atoms with Gasteiger partial charge in [0.2, 0.25) is 0 Å². The minimum absolute atomic E-state index is 0.263. The zero-order valence-electron chi connectivity index (χ0n) is 9.76. The van der Waals surface area contributed by atoms with Crippen molar-refractivity contribution in [3.63, 3.8) is 0 Å². The fourth-order valence-corrected chi connectivity index (χ4v) is 1.35. The topological polar surface area (TPSA) is 37.3 Å². The second kappa shape index (κ2) is 6.63. The highest BCUT2D eigenvalue weighted by atomic mass is 16.4. The van der Waals surface area contributed by atoms with Crippen LogP contribution in [0.25, 0.3) is 0 Å². The maximum atomic E-state index is 10.4. The molecule has 0 fully saturated rings. The molecule has 0 saturated carbocycles. The van der Waals surface area contributed by atoms with Crippen molar-refractivity contribution in [1.29, 1.82) is 0 Å². The molecule has 0 aliphatic carbocycles. The number of allylic oxidation sites excluding steroid dienone is 2. The summed E-state index contributed by atoms with van der Waals surface area (Å²) in [6.07, 6.45) is 3.18. The van der Waals surface area contributed by atoms with E-state index in [0.717, 1.165) is 12.8 Å². The lowest BCUT2D eigenvalue weighted by molar-refractivity contribution is -0.136.